The van der Waals surface area contributed by atoms with Crippen LogP contribution in [-0.4, -0.2) is 22.6 Å². The van der Waals surface area contributed by atoms with Crippen LogP contribution in [0, 0.1) is 0 Å². The van der Waals surface area contributed by atoms with E-state index in [0.717, 1.165) is 38.5 Å². The standard InChI is InChI=1S/C13H23N3OS/c14-11(18)13(8-4-1-5-9-13)16-12(17)15-10-6-2-3-7-10/h10H,1-9H2,(H2,14,18)(H2,15,16,17). The van der Waals surface area contributed by atoms with Crippen molar-refractivity contribution in [1.29, 1.82) is 0 Å². The molecule has 0 unspecified atom stereocenters. The Morgan fingerprint density at radius 3 is 2.28 bits per heavy atom. The summed E-state index contributed by atoms with van der Waals surface area (Å²) >= 11 is 5.16. The fraction of sp³-hybridized carbons (Fsp3) is 0.846. The quantitative estimate of drug-likeness (QED) is 0.688. The number of carbonyl (C=O) groups excluding carboxylic acids is 1. The molecule has 102 valence electrons. The van der Waals surface area contributed by atoms with Crippen molar-refractivity contribution in [2.75, 3.05) is 0 Å². The number of rotatable bonds is 3. The fourth-order valence-electron chi connectivity index (χ4n) is 3.10. The van der Waals surface area contributed by atoms with Gasteiger partial charge in [-0.3, -0.25) is 0 Å². The molecule has 4 N–H and O–H groups in total. The lowest BCUT2D eigenvalue weighted by Gasteiger charge is -2.37. The van der Waals surface area contributed by atoms with Crippen LogP contribution < -0.4 is 16.4 Å². The van der Waals surface area contributed by atoms with Gasteiger partial charge in [0, 0.05) is 6.04 Å². The van der Waals surface area contributed by atoms with Crippen molar-refractivity contribution in [3.63, 3.8) is 0 Å². The number of thiocarbonyl (C=S) groups is 1. The first-order valence-corrected chi connectivity index (χ1v) is 7.42. The van der Waals surface area contributed by atoms with Crippen LogP contribution in [0.1, 0.15) is 57.8 Å². The van der Waals surface area contributed by atoms with Crippen LogP contribution >= 0.6 is 12.2 Å². The predicted molar refractivity (Wildman–Crippen MR) is 76.5 cm³/mol. The van der Waals surface area contributed by atoms with Gasteiger partial charge in [-0.15, -0.1) is 0 Å². The number of urea groups is 1. The summed E-state index contributed by atoms with van der Waals surface area (Å²) in [7, 11) is 0. The molecule has 2 aliphatic rings. The molecule has 0 saturated heterocycles. The van der Waals surface area contributed by atoms with Gasteiger partial charge in [0.1, 0.15) is 0 Å². The minimum absolute atomic E-state index is 0.100. The number of nitrogens with one attached hydrogen (secondary N) is 2. The Balaban J connectivity index is 1.91. The van der Waals surface area contributed by atoms with Gasteiger partial charge >= 0.3 is 6.03 Å². The number of carbonyl (C=O) groups is 1. The van der Waals surface area contributed by atoms with Crippen LogP contribution in [0.3, 0.4) is 0 Å². The highest BCUT2D eigenvalue weighted by atomic mass is 32.1. The first kappa shape index (κ1) is 13.6. The third kappa shape index (κ3) is 3.13. The monoisotopic (exact) mass is 269 g/mol. The van der Waals surface area contributed by atoms with Gasteiger partial charge in [0.15, 0.2) is 0 Å². The molecule has 0 aromatic rings. The molecular formula is C13H23N3OS. The van der Waals surface area contributed by atoms with Gasteiger partial charge in [0.25, 0.3) is 0 Å². The molecular weight excluding hydrogens is 246 g/mol. The van der Waals surface area contributed by atoms with Crippen molar-refractivity contribution in [2.24, 2.45) is 5.73 Å². The third-order valence-electron chi connectivity index (χ3n) is 4.22. The number of amides is 2. The van der Waals surface area contributed by atoms with Crippen LogP contribution in [0.25, 0.3) is 0 Å². The maximum absolute atomic E-state index is 12.0. The number of nitrogens with two attached hydrogens (primary N) is 1. The Hall–Kier alpha value is -0.840. The van der Waals surface area contributed by atoms with Crippen LogP contribution in [0.4, 0.5) is 4.79 Å². The molecule has 0 radical (unpaired) electrons. The summed E-state index contributed by atoms with van der Waals surface area (Å²) in [6, 6.07) is 0.230. The highest BCUT2D eigenvalue weighted by Crippen LogP contribution is 2.28. The Morgan fingerprint density at radius 2 is 1.72 bits per heavy atom. The Bertz CT molecular complexity index is 320. The highest BCUT2D eigenvalue weighted by Gasteiger charge is 2.36. The summed E-state index contributed by atoms with van der Waals surface area (Å²) in [5, 5.41) is 6.08. The largest absolute Gasteiger partial charge is 0.391 e. The zero-order valence-electron chi connectivity index (χ0n) is 10.8. The summed E-state index contributed by atoms with van der Waals surface area (Å²) in [5.41, 5.74) is 5.40. The molecule has 2 saturated carbocycles. The molecule has 2 aliphatic carbocycles. The van der Waals surface area contributed by atoms with E-state index < -0.39 is 5.54 Å². The van der Waals surface area contributed by atoms with E-state index in [0.29, 0.717) is 11.0 Å². The molecule has 2 amide bonds. The van der Waals surface area contributed by atoms with Gasteiger partial charge < -0.3 is 16.4 Å². The molecule has 0 bridgehead atoms. The second kappa shape index (κ2) is 5.87. The van der Waals surface area contributed by atoms with Crippen molar-refractivity contribution < 1.29 is 4.79 Å². The van der Waals surface area contributed by atoms with Gasteiger partial charge in [-0.1, -0.05) is 44.3 Å². The maximum Gasteiger partial charge on any atom is 0.315 e. The fourth-order valence-corrected chi connectivity index (χ4v) is 3.35. The van der Waals surface area contributed by atoms with E-state index in [1.165, 1.54) is 19.3 Å². The SMILES string of the molecule is NC(=S)C1(NC(=O)NC2CCCC2)CCCCC1. The van der Waals surface area contributed by atoms with Crippen molar-refractivity contribution >= 4 is 23.2 Å². The molecule has 0 aromatic carbocycles. The van der Waals surface area contributed by atoms with Crippen molar-refractivity contribution in [2.45, 2.75) is 69.4 Å². The molecule has 18 heavy (non-hydrogen) atoms. The molecule has 5 heteroatoms. The second-order valence-electron chi connectivity index (χ2n) is 5.59. The number of hydrogen-bond acceptors (Lipinski definition) is 2. The van der Waals surface area contributed by atoms with E-state index in [4.69, 9.17) is 18.0 Å². The van der Waals surface area contributed by atoms with E-state index in [-0.39, 0.29) is 6.03 Å². The zero-order valence-corrected chi connectivity index (χ0v) is 11.7. The minimum atomic E-state index is -0.448. The van der Waals surface area contributed by atoms with E-state index in [2.05, 4.69) is 10.6 Å². The molecule has 2 fully saturated rings. The average Bonchev–Trinajstić information content (AvgIpc) is 2.82. The van der Waals surface area contributed by atoms with Crippen LogP contribution in [-0.2, 0) is 0 Å². The molecule has 0 spiro atoms. The Morgan fingerprint density at radius 1 is 1.11 bits per heavy atom. The average molecular weight is 269 g/mol. The second-order valence-corrected chi connectivity index (χ2v) is 6.03. The lowest BCUT2D eigenvalue weighted by Crippen LogP contribution is -2.60. The normalized spacial score (nSPS) is 23.6. The molecule has 0 heterocycles. The summed E-state index contributed by atoms with van der Waals surface area (Å²) < 4.78 is 0. The van der Waals surface area contributed by atoms with E-state index in [9.17, 15) is 4.79 Å². The van der Waals surface area contributed by atoms with Crippen molar-refractivity contribution in [3.05, 3.63) is 0 Å². The Kier molecular flexibility index (Phi) is 4.43. The van der Waals surface area contributed by atoms with Crippen LogP contribution in [0.5, 0.6) is 0 Å². The van der Waals surface area contributed by atoms with E-state index in [1.807, 2.05) is 0 Å². The molecule has 0 atom stereocenters. The topological polar surface area (TPSA) is 67.1 Å². The predicted octanol–water partition coefficient (Wildman–Crippen LogP) is 2.22. The first-order valence-electron chi connectivity index (χ1n) is 7.01. The molecule has 4 nitrogen and oxygen atoms in total. The molecule has 2 rings (SSSR count). The van der Waals surface area contributed by atoms with Gasteiger partial charge in [0.05, 0.1) is 10.5 Å². The first-order chi connectivity index (χ1) is 8.62. The van der Waals surface area contributed by atoms with Crippen molar-refractivity contribution in [1.82, 2.24) is 10.6 Å². The van der Waals surface area contributed by atoms with E-state index in [1.54, 1.807) is 0 Å². The van der Waals surface area contributed by atoms with Gasteiger partial charge in [-0.25, -0.2) is 4.79 Å². The zero-order chi connectivity index (χ0) is 13.0. The summed E-state index contributed by atoms with van der Waals surface area (Å²) in [5.74, 6) is 0. The van der Waals surface area contributed by atoms with Gasteiger partial charge in [0.2, 0.25) is 0 Å². The summed E-state index contributed by atoms with van der Waals surface area (Å²) in [6.07, 6.45) is 9.73. The van der Waals surface area contributed by atoms with Crippen LogP contribution in [0.15, 0.2) is 0 Å². The van der Waals surface area contributed by atoms with Crippen LogP contribution in [0.2, 0.25) is 0 Å². The lowest BCUT2D eigenvalue weighted by atomic mass is 9.81. The van der Waals surface area contributed by atoms with Gasteiger partial charge in [-0.05, 0) is 25.7 Å². The highest BCUT2D eigenvalue weighted by molar-refractivity contribution is 7.80. The summed E-state index contributed by atoms with van der Waals surface area (Å²) in [4.78, 5) is 12.5. The minimum Gasteiger partial charge on any atom is -0.391 e. The van der Waals surface area contributed by atoms with E-state index >= 15 is 0 Å². The maximum atomic E-state index is 12.0. The summed E-state index contributed by atoms with van der Waals surface area (Å²) in [6.45, 7) is 0. The Labute approximate surface area is 114 Å². The molecule has 0 aliphatic heterocycles. The smallest absolute Gasteiger partial charge is 0.315 e. The third-order valence-corrected chi connectivity index (χ3v) is 4.61. The van der Waals surface area contributed by atoms with Gasteiger partial charge in [-0.2, -0.15) is 0 Å². The molecule has 0 aromatic heterocycles. The van der Waals surface area contributed by atoms with Crippen molar-refractivity contribution in [3.8, 4) is 0 Å². The lowest BCUT2D eigenvalue weighted by molar-refractivity contribution is 0.221. The number of hydrogen-bond donors (Lipinski definition) is 3.